The molecule has 6 nitrogen and oxygen atoms in total. The lowest BCUT2D eigenvalue weighted by Gasteiger charge is -2.33. The molecule has 1 aromatic carbocycles. The Balaban J connectivity index is 2.00. The standard InChI is InChI=1S/C15H22N4O2/c1-10-3-4-11(2)12(7-10)18-14(20)9-19-6-5-17-8-13(19)15(16)21/h3-4,7,13,17H,5-6,8-9H2,1-2H3,(H2,16,21)(H,18,20). The molecule has 2 rings (SSSR count). The van der Waals surface area contributed by atoms with Gasteiger partial charge in [-0.1, -0.05) is 12.1 Å². The van der Waals surface area contributed by atoms with Gasteiger partial charge in [0.2, 0.25) is 11.8 Å². The fraction of sp³-hybridized carbons (Fsp3) is 0.467. The second-order valence-corrected chi connectivity index (χ2v) is 5.46. The number of carbonyl (C=O) groups is 2. The van der Waals surface area contributed by atoms with E-state index in [0.29, 0.717) is 13.1 Å². The third-order valence-electron chi connectivity index (χ3n) is 3.70. The lowest BCUT2D eigenvalue weighted by atomic mass is 10.1. The van der Waals surface area contributed by atoms with Crippen LogP contribution in [0.1, 0.15) is 11.1 Å². The van der Waals surface area contributed by atoms with Crippen molar-refractivity contribution >= 4 is 17.5 Å². The zero-order valence-electron chi connectivity index (χ0n) is 12.5. The third kappa shape index (κ3) is 4.03. The number of nitrogens with two attached hydrogens (primary N) is 1. The van der Waals surface area contributed by atoms with E-state index >= 15 is 0 Å². The van der Waals surface area contributed by atoms with Crippen LogP contribution in [0.4, 0.5) is 5.69 Å². The molecule has 6 heteroatoms. The van der Waals surface area contributed by atoms with Gasteiger partial charge in [-0.25, -0.2) is 0 Å². The number of nitrogens with one attached hydrogen (secondary N) is 2. The van der Waals surface area contributed by atoms with Gasteiger partial charge in [-0.3, -0.25) is 14.5 Å². The van der Waals surface area contributed by atoms with Crippen LogP contribution in [-0.4, -0.2) is 48.9 Å². The van der Waals surface area contributed by atoms with Crippen molar-refractivity contribution in [2.75, 3.05) is 31.5 Å². The summed E-state index contributed by atoms with van der Waals surface area (Å²) in [4.78, 5) is 25.4. The van der Waals surface area contributed by atoms with Crippen molar-refractivity contribution in [3.63, 3.8) is 0 Å². The van der Waals surface area contributed by atoms with Crippen LogP contribution in [0.3, 0.4) is 0 Å². The number of carbonyl (C=O) groups excluding carboxylic acids is 2. The summed E-state index contributed by atoms with van der Waals surface area (Å²) in [5.41, 5.74) is 8.29. The highest BCUT2D eigenvalue weighted by atomic mass is 16.2. The van der Waals surface area contributed by atoms with Gasteiger partial charge in [0, 0.05) is 25.3 Å². The maximum Gasteiger partial charge on any atom is 0.238 e. The molecule has 1 aliphatic heterocycles. The lowest BCUT2D eigenvalue weighted by molar-refractivity contribution is -0.125. The smallest absolute Gasteiger partial charge is 0.238 e. The first-order valence-corrected chi connectivity index (χ1v) is 7.08. The van der Waals surface area contributed by atoms with E-state index in [4.69, 9.17) is 5.73 Å². The van der Waals surface area contributed by atoms with E-state index in [1.807, 2.05) is 36.9 Å². The molecule has 0 bridgehead atoms. The van der Waals surface area contributed by atoms with Gasteiger partial charge in [0.25, 0.3) is 0 Å². The highest BCUT2D eigenvalue weighted by molar-refractivity contribution is 5.93. The highest BCUT2D eigenvalue weighted by Crippen LogP contribution is 2.16. The van der Waals surface area contributed by atoms with Crippen LogP contribution < -0.4 is 16.4 Å². The number of primary amides is 1. The quantitative estimate of drug-likeness (QED) is 0.728. The Bertz CT molecular complexity index is 544. The Hall–Kier alpha value is -1.92. The van der Waals surface area contributed by atoms with E-state index in [1.54, 1.807) is 0 Å². The molecule has 0 aromatic heterocycles. The summed E-state index contributed by atoms with van der Waals surface area (Å²) in [6.45, 7) is 5.98. The molecule has 2 amide bonds. The van der Waals surface area contributed by atoms with Crippen LogP contribution in [0, 0.1) is 13.8 Å². The predicted octanol–water partition coefficient (Wildman–Crippen LogP) is 0.00104. The molecule has 4 N–H and O–H groups in total. The molecule has 0 saturated carbocycles. The third-order valence-corrected chi connectivity index (χ3v) is 3.70. The second-order valence-electron chi connectivity index (χ2n) is 5.46. The minimum atomic E-state index is -0.428. The summed E-state index contributed by atoms with van der Waals surface area (Å²) in [6.07, 6.45) is 0. The van der Waals surface area contributed by atoms with Crippen LogP contribution in [0.25, 0.3) is 0 Å². The Morgan fingerprint density at radius 3 is 2.90 bits per heavy atom. The van der Waals surface area contributed by atoms with Gasteiger partial charge < -0.3 is 16.4 Å². The number of nitrogens with zero attached hydrogens (tertiary/aromatic N) is 1. The summed E-state index contributed by atoms with van der Waals surface area (Å²) in [6, 6.07) is 5.49. The average molecular weight is 290 g/mol. The number of anilines is 1. The molecule has 21 heavy (non-hydrogen) atoms. The van der Waals surface area contributed by atoms with Crippen molar-refractivity contribution in [2.45, 2.75) is 19.9 Å². The van der Waals surface area contributed by atoms with Crippen LogP contribution in [0.15, 0.2) is 18.2 Å². The van der Waals surface area contributed by atoms with Gasteiger partial charge in [0.1, 0.15) is 6.04 Å². The fourth-order valence-electron chi connectivity index (χ4n) is 2.46. The molecule has 114 valence electrons. The zero-order valence-corrected chi connectivity index (χ0v) is 12.5. The molecule has 1 aromatic rings. The minimum absolute atomic E-state index is 0.128. The average Bonchev–Trinajstić information content (AvgIpc) is 2.43. The number of benzene rings is 1. The molecule has 0 radical (unpaired) electrons. The van der Waals surface area contributed by atoms with Crippen molar-refractivity contribution in [3.8, 4) is 0 Å². The summed E-state index contributed by atoms with van der Waals surface area (Å²) < 4.78 is 0. The van der Waals surface area contributed by atoms with E-state index in [2.05, 4.69) is 10.6 Å². The number of hydrogen-bond donors (Lipinski definition) is 3. The molecule has 1 fully saturated rings. The van der Waals surface area contributed by atoms with E-state index in [1.165, 1.54) is 0 Å². The van der Waals surface area contributed by atoms with Gasteiger partial charge >= 0.3 is 0 Å². The number of rotatable bonds is 4. The molecule has 1 saturated heterocycles. The first-order chi connectivity index (χ1) is 9.97. The van der Waals surface area contributed by atoms with E-state index < -0.39 is 11.9 Å². The van der Waals surface area contributed by atoms with Crippen molar-refractivity contribution in [1.82, 2.24) is 10.2 Å². The number of piperazine rings is 1. The second kappa shape index (κ2) is 6.69. The van der Waals surface area contributed by atoms with Gasteiger partial charge in [-0.2, -0.15) is 0 Å². The van der Waals surface area contributed by atoms with E-state index in [-0.39, 0.29) is 12.5 Å². The van der Waals surface area contributed by atoms with E-state index in [9.17, 15) is 9.59 Å². The monoisotopic (exact) mass is 290 g/mol. The van der Waals surface area contributed by atoms with Gasteiger partial charge in [-0.05, 0) is 31.0 Å². The Morgan fingerprint density at radius 1 is 1.43 bits per heavy atom. The Labute approximate surface area is 124 Å². The van der Waals surface area contributed by atoms with E-state index in [0.717, 1.165) is 23.4 Å². The first-order valence-electron chi connectivity index (χ1n) is 7.08. The van der Waals surface area contributed by atoms with Crippen LogP contribution >= 0.6 is 0 Å². The molecule has 0 spiro atoms. The summed E-state index contributed by atoms with van der Waals surface area (Å²) >= 11 is 0. The topological polar surface area (TPSA) is 87.5 Å². The molecule has 1 unspecified atom stereocenters. The normalized spacial score (nSPS) is 19.2. The largest absolute Gasteiger partial charge is 0.368 e. The Morgan fingerprint density at radius 2 is 2.19 bits per heavy atom. The number of aryl methyl sites for hydroxylation is 2. The molecule has 1 heterocycles. The maximum absolute atomic E-state index is 12.2. The molecule has 1 atom stereocenters. The Kier molecular flexibility index (Phi) is 4.93. The predicted molar refractivity (Wildman–Crippen MR) is 82.0 cm³/mol. The lowest BCUT2D eigenvalue weighted by Crippen LogP contribution is -2.58. The van der Waals surface area contributed by atoms with Gasteiger partial charge in [0.15, 0.2) is 0 Å². The zero-order chi connectivity index (χ0) is 15.4. The van der Waals surface area contributed by atoms with Crippen molar-refractivity contribution in [1.29, 1.82) is 0 Å². The van der Waals surface area contributed by atoms with Crippen molar-refractivity contribution in [3.05, 3.63) is 29.3 Å². The molecular weight excluding hydrogens is 268 g/mol. The minimum Gasteiger partial charge on any atom is -0.368 e. The molecular formula is C15H22N4O2. The SMILES string of the molecule is Cc1ccc(C)c(NC(=O)CN2CCNCC2C(N)=O)c1. The van der Waals surface area contributed by atoms with Crippen molar-refractivity contribution in [2.24, 2.45) is 5.73 Å². The number of amides is 2. The summed E-state index contributed by atoms with van der Waals surface area (Å²) in [5.74, 6) is -0.529. The summed E-state index contributed by atoms with van der Waals surface area (Å²) in [5, 5.41) is 6.02. The highest BCUT2D eigenvalue weighted by Gasteiger charge is 2.28. The van der Waals surface area contributed by atoms with Crippen LogP contribution in [0.2, 0.25) is 0 Å². The molecule has 1 aliphatic rings. The van der Waals surface area contributed by atoms with Crippen LogP contribution in [0.5, 0.6) is 0 Å². The van der Waals surface area contributed by atoms with Crippen LogP contribution in [-0.2, 0) is 9.59 Å². The number of hydrogen-bond acceptors (Lipinski definition) is 4. The van der Waals surface area contributed by atoms with Crippen molar-refractivity contribution < 1.29 is 9.59 Å². The first kappa shape index (κ1) is 15.5. The fourth-order valence-corrected chi connectivity index (χ4v) is 2.46. The van der Waals surface area contributed by atoms with Gasteiger partial charge in [0.05, 0.1) is 6.54 Å². The van der Waals surface area contributed by atoms with Gasteiger partial charge in [-0.15, -0.1) is 0 Å². The molecule has 0 aliphatic carbocycles. The maximum atomic E-state index is 12.2. The summed E-state index contributed by atoms with van der Waals surface area (Å²) in [7, 11) is 0.